The maximum Gasteiger partial charge on any atom is 0.227 e. The van der Waals surface area contributed by atoms with Gasteiger partial charge in [0.15, 0.2) is 11.5 Å². The number of aliphatic hydroxyl groups excluding tert-OH is 1. The number of phenols is 1. The number of halogens is 1. The summed E-state index contributed by atoms with van der Waals surface area (Å²) in [6.07, 6.45) is 12.2. The van der Waals surface area contributed by atoms with Crippen molar-refractivity contribution in [3.05, 3.63) is 53.1 Å². The first-order valence-corrected chi connectivity index (χ1v) is 18.3. The second-order valence-electron chi connectivity index (χ2n) is 15.4. The molecule has 7 heteroatoms. The Hall–Kier alpha value is -2.80. The van der Waals surface area contributed by atoms with Crippen LogP contribution in [-0.4, -0.2) is 60.6 Å². The highest BCUT2D eigenvalue weighted by Gasteiger charge is 2.59. The average Bonchev–Trinajstić information content (AvgIpc) is 3.36. The van der Waals surface area contributed by atoms with E-state index < -0.39 is 12.3 Å². The molecule has 4 aliphatic carbocycles. The van der Waals surface area contributed by atoms with Crippen molar-refractivity contribution >= 4 is 5.91 Å². The summed E-state index contributed by atoms with van der Waals surface area (Å²) in [6, 6.07) is 11.3. The van der Waals surface area contributed by atoms with Gasteiger partial charge in [-0.2, -0.15) is 0 Å². The Kier molecular flexibility index (Phi) is 10.7. The number of nitrogens with zero attached hydrogens (tertiary/aromatic N) is 1. The Bertz CT molecular complexity index is 1380. The molecule has 6 nitrogen and oxygen atoms in total. The molecule has 258 valence electrons. The number of fused-ring (bicyclic) bond motifs is 5. The first kappa shape index (κ1) is 34.1. The van der Waals surface area contributed by atoms with Gasteiger partial charge in [-0.3, -0.25) is 4.79 Å². The van der Waals surface area contributed by atoms with Gasteiger partial charge in [0.25, 0.3) is 0 Å². The molecule has 7 atom stereocenters. The second kappa shape index (κ2) is 14.8. The highest BCUT2D eigenvalue weighted by Crippen LogP contribution is 2.63. The van der Waals surface area contributed by atoms with Gasteiger partial charge in [-0.15, -0.1) is 0 Å². The maximum absolute atomic E-state index is 16.1. The molecule has 0 aliphatic heterocycles. The van der Waals surface area contributed by atoms with E-state index >= 15 is 4.39 Å². The lowest BCUT2D eigenvalue weighted by molar-refractivity contribution is -0.131. The molecule has 4 aliphatic rings. The van der Waals surface area contributed by atoms with Crippen LogP contribution >= 0.6 is 0 Å². The number of hydrogen-bond donors (Lipinski definition) is 2. The number of aliphatic hydroxyl groups is 1. The van der Waals surface area contributed by atoms with Crippen molar-refractivity contribution < 1.29 is 28.9 Å². The van der Waals surface area contributed by atoms with Crippen LogP contribution < -0.4 is 9.47 Å². The third kappa shape index (κ3) is 7.16. The Morgan fingerprint density at radius 1 is 0.979 bits per heavy atom. The number of methoxy groups -OCH3 is 2. The number of carbonyl (C=O) groups excluding carboxylic acids is 1. The lowest BCUT2D eigenvalue weighted by Crippen LogP contribution is -2.51. The number of unbranched alkanes of at least 4 members (excludes halogenated alkanes) is 2. The number of benzene rings is 2. The van der Waals surface area contributed by atoms with E-state index in [0.29, 0.717) is 42.1 Å². The third-order valence-electron chi connectivity index (χ3n) is 12.6. The summed E-state index contributed by atoms with van der Waals surface area (Å²) in [5.41, 5.74) is 2.75. The van der Waals surface area contributed by atoms with Crippen molar-refractivity contribution in [2.24, 2.45) is 29.1 Å². The van der Waals surface area contributed by atoms with Gasteiger partial charge < -0.3 is 24.6 Å². The topological polar surface area (TPSA) is 79.2 Å². The van der Waals surface area contributed by atoms with Crippen LogP contribution in [0.3, 0.4) is 0 Å². The second-order valence-corrected chi connectivity index (χ2v) is 15.4. The molecule has 3 fully saturated rings. The van der Waals surface area contributed by atoms with Crippen molar-refractivity contribution in [3.8, 4) is 17.2 Å². The fraction of sp³-hybridized carbons (Fsp3) is 0.675. The molecule has 6 rings (SSSR count). The van der Waals surface area contributed by atoms with Crippen molar-refractivity contribution in [2.45, 2.75) is 115 Å². The Labute approximate surface area is 281 Å². The van der Waals surface area contributed by atoms with Crippen LogP contribution in [0.25, 0.3) is 0 Å². The smallest absolute Gasteiger partial charge is 0.227 e. The van der Waals surface area contributed by atoms with Gasteiger partial charge in [-0.1, -0.05) is 51.2 Å². The third-order valence-corrected chi connectivity index (χ3v) is 12.6. The quantitative estimate of drug-likeness (QED) is 0.228. The van der Waals surface area contributed by atoms with E-state index in [1.165, 1.54) is 32.1 Å². The molecule has 0 aromatic heterocycles. The SMILES string of the molecule is COc1ccc(CC(=O)N(CCCCC[C@@H]2Cc3cc(O)ccc3C3C2C2CC[C@H](O)[C@@]2(C)C[C@@H]3F)CC2CCCCC2)cc1OC. The highest BCUT2D eigenvalue weighted by molar-refractivity contribution is 5.79. The van der Waals surface area contributed by atoms with Gasteiger partial charge in [-0.25, -0.2) is 4.39 Å². The van der Waals surface area contributed by atoms with Crippen LogP contribution in [0.1, 0.15) is 107 Å². The molecular formula is C40H56FNO5. The molecule has 2 aromatic rings. The summed E-state index contributed by atoms with van der Waals surface area (Å²) in [5, 5.41) is 21.3. The zero-order valence-corrected chi connectivity index (χ0v) is 28.8. The van der Waals surface area contributed by atoms with E-state index in [2.05, 4.69) is 11.8 Å². The first-order valence-electron chi connectivity index (χ1n) is 18.3. The molecule has 47 heavy (non-hydrogen) atoms. The van der Waals surface area contributed by atoms with E-state index in [-0.39, 0.29) is 28.9 Å². The van der Waals surface area contributed by atoms with Gasteiger partial charge in [0.1, 0.15) is 11.9 Å². The minimum Gasteiger partial charge on any atom is -0.508 e. The minimum atomic E-state index is -0.981. The summed E-state index contributed by atoms with van der Waals surface area (Å²) in [4.78, 5) is 15.8. The molecule has 0 radical (unpaired) electrons. The lowest BCUT2D eigenvalue weighted by Gasteiger charge is -2.54. The van der Waals surface area contributed by atoms with Crippen LogP contribution in [0.5, 0.6) is 17.2 Å². The molecule has 2 N–H and O–H groups in total. The van der Waals surface area contributed by atoms with Crippen LogP contribution in [0.2, 0.25) is 0 Å². The van der Waals surface area contributed by atoms with E-state index in [1.54, 1.807) is 20.3 Å². The van der Waals surface area contributed by atoms with E-state index in [0.717, 1.165) is 74.7 Å². The number of amides is 1. The number of carbonyl (C=O) groups is 1. The molecule has 2 aromatic carbocycles. The van der Waals surface area contributed by atoms with E-state index in [1.807, 2.05) is 30.3 Å². The van der Waals surface area contributed by atoms with Crippen LogP contribution in [0.4, 0.5) is 4.39 Å². The molecule has 0 bridgehead atoms. The molecule has 0 spiro atoms. The van der Waals surface area contributed by atoms with Crippen LogP contribution in [0.15, 0.2) is 36.4 Å². The number of rotatable bonds is 12. The predicted molar refractivity (Wildman–Crippen MR) is 183 cm³/mol. The van der Waals surface area contributed by atoms with Gasteiger partial charge in [0.05, 0.1) is 26.7 Å². The fourth-order valence-corrected chi connectivity index (χ4v) is 10.2. The monoisotopic (exact) mass is 649 g/mol. The molecular weight excluding hydrogens is 593 g/mol. The van der Waals surface area contributed by atoms with Crippen molar-refractivity contribution in [1.82, 2.24) is 4.90 Å². The van der Waals surface area contributed by atoms with Gasteiger partial charge in [-0.05, 0) is 121 Å². The summed E-state index contributed by atoms with van der Waals surface area (Å²) < 4.78 is 27.0. The number of ether oxygens (including phenoxy) is 2. The van der Waals surface area contributed by atoms with Gasteiger partial charge in [0.2, 0.25) is 5.91 Å². The van der Waals surface area contributed by atoms with Crippen molar-refractivity contribution in [1.29, 1.82) is 0 Å². The molecule has 0 heterocycles. The lowest BCUT2D eigenvalue weighted by atomic mass is 9.51. The molecule has 3 unspecified atom stereocenters. The zero-order chi connectivity index (χ0) is 33.1. The standard InChI is InChI=1S/C40H56FNO5/c1-40-24-33(41)39-31-15-14-30(43)23-29(31)22-28(38(39)32(40)16-18-36(40)44)12-8-5-9-19-42(25-26-10-6-4-7-11-26)37(45)21-27-13-17-34(46-2)35(20-27)47-3/h13-15,17,20,23,26,28,32-33,36,38-39,43-44H,4-12,16,18-19,21-22,24-25H2,1-3H3/t28-,32?,33+,36+,38?,39?,40+/m1/s1. The molecule has 0 saturated heterocycles. The normalized spacial score (nSPS) is 30.2. The summed E-state index contributed by atoms with van der Waals surface area (Å²) >= 11 is 0. The largest absolute Gasteiger partial charge is 0.508 e. The summed E-state index contributed by atoms with van der Waals surface area (Å²) in [6.45, 7) is 3.72. The van der Waals surface area contributed by atoms with Crippen molar-refractivity contribution in [2.75, 3.05) is 27.3 Å². The zero-order valence-electron chi connectivity index (χ0n) is 28.8. The van der Waals surface area contributed by atoms with Gasteiger partial charge >= 0.3 is 0 Å². The number of hydrogen-bond acceptors (Lipinski definition) is 5. The Morgan fingerprint density at radius 2 is 1.77 bits per heavy atom. The highest BCUT2D eigenvalue weighted by atomic mass is 19.1. The number of phenolic OH excluding ortho intramolecular Hbond substituents is 1. The molecule has 1 amide bonds. The van der Waals surface area contributed by atoms with E-state index in [4.69, 9.17) is 9.47 Å². The first-order chi connectivity index (χ1) is 22.7. The van der Waals surface area contributed by atoms with Crippen molar-refractivity contribution in [3.63, 3.8) is 0 Å². The average molecular weight is 650 g/mol. The minimum absolute atomic E-state index is 0.159. The molecule has 3 saturated carbocycles. The predicted octanol–water partition coefficient (Wildman–Crippen LogP) is 8.01. The maximum atomic E-state index is 16.1. The Balaban J connectivity index is 1.11. The number of alkyl halides is 1. The van der Waals surface area contributed by atoms with Crippen LogP contribution in [-0.2, 0) is 17.6 Å². The Morgan fingerprint density at radius 3 is 2.53 bits per heavy atom. The fourth-order valence-electron chi connectivity index (χ4n) is 10.2. The summed E-state index contributed by atoms with van der Waals surface area (Å²) in [5.74, 6) is 3.00. The number of aromatic hydroxyl groups is 1. The van der Waals surface area contributed by atoms with Gasteiger partial charge in [0, 0.05) is 19.0 Å². The summed E-state index contributed by atoms with van der Waals surface area (Å²) in [7, 11) is 3.24. The van der Waals surface area contributed by atoms with Crippen LogP contribution in [0, 0.1) is 29.1 Å². The van der Waals surface area contributed by atoms with E-state index in [9.17, 15) is 15.0 Å².